The number of aliphatic hydroxyl groups is 1. The quantitative estimate of drug-likeness (QED) is 0.889. The summed E-state index contributed by atoms with van der Waals surface area (Å²) in [6.07, 6.45) is 1.36. The van der Waals surface area contributed by atoms with Gasteiger partial charge in [-0.2, -0.15) is 0 Å². The van der Waals surface area contributed by atoms with Crippen molar-refractivity contribution in [3.63, 3.8) is 0 Å². The van der Waals surface area contributed by atoms with Crippen LogP contribution in [0.25, 0.3) is 0 Å². The summed E-state index contributed by atoms with van der Waals surface area (Å²) in [5.74, 6) is 0.241. The van der Waals surface area contributed by atoms with E-state index in [9.17, 15) is 13.5 Å². The molecule has 22 heavy (non-hydrogen) atoms. The standard InChI is InChI=1S/C17H19NO3S/c1-12-6-10-14(11-7-12)22(20,21)18-16-5-3-2-4-15(16)17(19)13-8-9-13/h2-7,10-11,13,17-19H,8-9H2,1H3. The first kappa shape index (κ1) is 15.1. The molecule has 1 aliphatic carbocycles. The van der Waals surface area contributed by atoms with Crippen LogP contribution in [-0.2, 0) is 10.0 Å². The largest absolute Gasteiger partial charge is 0.388 e. The van der Waals surface area contributed by atoms with Crippen molar-refractivity contribution in [3.8, 4) is 0 Å². The lowest BCUT2D eigenvalue weighted by Crippen LogP contribution is -2.15. The van der Waals surface area contributed by atoms with E-state index in [1.54, 1.807) is 42.5 Å². The monoisotopic (exact) mass is 317 g/mol. The Kier molecular flexibility index (Phi) is 3.93. The van der Waals surface area contributed by atoms with Crippen molar-refractivity contribution < 1.29 is 13.5 Å². The summed E-state index contributed by atoms with van der Waals surface area (Å²) < 4.78 is 27.6. The van der Waals surface area contributed by atoms with E-state index in [1.807, 2.05) is 13.0 Å². The molecule has 1 aliphatic rings. The maximum absolute atomic E-state index is 12.5. The molecule has 0 amide bonds. The molecule has 116 valence electrons. The fourth-order valence-electron chi connectivity index (χ4n) is 2.43. The molecule has 5 heteroatoms. The number of hydrogen-bond donors (Lipinski definition) is 2. The molecule has 1 saturated carbocycles. The zero-order valence-corrected chi connectivity index (χ0v) is 13.2. The highest BCUT2D eigenvalue weighted by atomic mass is 32.2. The Morgan fingerprint density at radius 2 is 1.73 bits per heavy atom. The number of aryl methyl sites for hydroxylation is 1. The van der Waals surface area contributed by atoms with Crippen LogP contribution in [0.2, 0.25) is 0 Å². The van der Waals surface area contributed by atoms with Crippen molar-refractivity contribution >= 4 is 15.7 Å². The predicted molar refractivity (Wildman–Crippen MR) is 86.1 cm³/mol. The molecule has 1 fully saturated rings. The predicted octanol–water partition coefficient (Wildman–Crippen LogP) is 3.24. The molecule has 0 aliphatic heterocycles. The SMILES string of the molecule is Cc1ccc(S(=O)(=O)Nc2ccccc2C(O)C2CC2)cc1. The van der Waals surface area contributed by atoms with Gasteiger partial charge in [-0.15, -0.1) is 0 Å². The summed E-state index contributed by atoms with van der Waals surface area (Å²) in [6, 6.07) is 13.7. The lowest BCUT2D eigenvalue weighted by Gasteiger charge is -2.16. The van der Waals surface area contributed by atoms with Crippen molar-refractivity contribution in [1.29, 1.82) is 0 Å². The van der Waals surface area contributed by atoms with Crippen molar-refractivity contribution in [2.75, 3.05) is 4.72 Å². The van der Waals surface area contributed by atoms with Gasteiger partial charge in [0.15, 0.2) is 0 Å². The summed E-state index contributed by atoms with van der Waals surface area (Å²) in [7, 11) is -3.65. The third-order valence-electron chi connectivity index (χ3n) is 3.92. The first-order valence-corrected chi connectivity index (χ1v) is 8.82. The Hall–Kier alpha value is -1.85. The molecule has 0 saturated heterocycles. The second kappa shape index (κ2) is 5.74. The molecule has 3 rings (SSSR count). The maximum Gasteiger partial charge on any atom is 0.261 e. The van der Waals surface area contributed by atoms with E-state index < -0.39 is 16.1 Å². The minimum atomic E-state index is -3.65. The third kappa shape index (κ3) is 3.15. The lowest BCUT2D eigenvalue weighted by molar-refractivity contribution is 0.154. The second-order valence-electron chi connectivity index (χ2n) is 5.79. The van der Waals surface area contributed by atoms with Crippen LogP contribution in [-0.4, -0.2) is 13.5 Å². The van der Waals surface area contributed by atoms with E-state index in [-0.39, 0.29) is 10.8 Å². The number of aliphatic hydroxyl groups excluding tert-OH is 1. The van der Waals surface area contributed by atoms with Gasteiger partial charge in [0.05, 0.1) is 16.7 Å². The van der Waals surface area contributed by atoms with E-state index in [0.717, 1.165) is 18.4 Å². The Morgan fingerprint density at radius 1 is 1.09 bits per heavy atom. The first-order valence-electron chi connectivity index (χ1n) is 7.34. The molecule has 2 N–H and O–H groups in total. The molecule has 0 radical (unpaired) electrons. The van der Waals surface area contributed by atoms with Gasteiger partial charge in [0.25, 0.3) is 10.0 Å². The van der Waals surface area contributed by atoms with Gasteiger partial charge in [-0.1, -0.05) is 35.9 Å². The Labute approximate surface area is 130 Å². The summed E-state index contributed by atoms with van der Waals surface area (Å²) in [5.41, 5.74) is 2.09. The van der Waals surface area contributed by atoms with Gasteiger partial charge in [0.1, 0.15) is 0 Å². The zero-order chi connectivity index (χ0) is 15.7. The van der Waals surface area contributed by atoms with E-state index >= 15 is 0 Å². The Balaban J connectivity index is 1.90. The normalized spacial score (nSPS) is 16.3. The molecule has 2 aromatic rings. The number of sulfonamides is 1. The van der Waals surface area contributed by atoms with E-state index in [2.05, 4.69) is 4.72 Å². The van der Waals surface area contributed by atoms with Crippen LogP contribution in [0, 0.1) is 12.8 Å². The van der Waals surface area contributed by atoms with Gasteiger partial charge in [0.2, 0.25) is 0 Å². The van der Waals surface area contributed by atoms with Gasteiger partial charge >= 0.3 is 0 Å². The number of rotatable bonds is 5. The molecular formula is C17H19NO3S. The highest BCUT2D eigenvalue weighted by Gasteiger charge is 2.32. The summed E-state index contributed by atoms with van der Waals surface area (Å²) in [6.45, 7) is 1.91. The van der Waals surface area contributed by atoms with Crippen LogP contribution in [0.4, 0.5) is 5.69 Å². The van der Waals surface area contributed by atoms with Gasteiger partial charge in [-0.05, 0) is 43.9 Å². The van der Waals surface area contributed by atoms with Gasteiger partial charge in [-0.25, -0.2) is 8.42 Å². The van der Waals surface area contributed by atoms with Crippen LogP contribution >= 0.6 is 0 Å². The topological polar surface area (TPSA) is 66.4 Å². The molecular weight excluding hydrogens is 298 g/mol. The van der Waals surface area contributed by atoms with Crippen LogP contribution in [0.1, 0.15) is 30.1 Å². The minimum absolute atomic E-state index is 0.216. The van der Waals surface area contributed by atoms with Crippen molar-refractivity contribution in [1.82, 2.24) is 0 Å². The second-order valence-corrected chi connectivity index (χ2v) is 7.47. The molecule has 2 aromatic carbocycles. The average molecular weight is 317 g/mol. The summed E-state index contributed by atoms with van der Waals surface area (Å²) in [4.78, 5) is 0.216. The maximum atomic E-state index is 12.5. The van der Waals surface area contributed by atoms with Crippen LogP contribution in [0.5, 0.6) is 0 Å². The van der Waals surface area contributed by atoms with Gasteiger partial charge in [0, 0.05) is 5.56 Å². The Morgan fingerprint density at radius 3 is 2.36 bits per heavy atom. The fourth-order valence-corrected chi connectivity index (χ4v) is 3.52. The summed E-state index contributed by atoms with van der Waals surface area (Å²) >= 11 is 0. The van der Waals surface area contributed by atoms with Crippen LogP contribution < -0.4 is 4.72 Å². The van der Waals surface area contributed by atoms with Gasteiger partial charge < -0.3 is 5.11 Å². The Bertz CT molecular complexity index is 765. The highest BCUT2D eigenvalue weighted by Crippen LogP contribution is 2.43. The molecule has 1 unspecified atom stereocenters. The molecule has 4 nitrogen and oxygen atoms in total. The average Bonchev–Trinajstić information content (AvgIpc) is 3.32. The first-order chi connectivity index (χ1) is 10.5. The van der Waals surface area contributed by atoms with E-state index in [4.69, 9.17) is 0 Å². The third-order valence-corrected chi connectivity index (χ3v) is 5.30. The number of hydrogen-bond acceptors (Lipinski definition) is 3. The van der Waals surface area contributed by atoms with E-state index in [1.165, 1.54) is 0 Å². The zero-order valence-electron chi connectivity index (χ0n) is 12.4. The highest BCUT2D eigenvalue weighted by molar-refractivity contribution is 7.92. The van der Waals surface area contributed by atoms with Crippen molar-refractivity contribution in [3.05, 3.63) is 59.7 Å². The summed E-state index contributed by atoms with van der Waals surface area (Å²) in [5, 5.41) is 10.3. The fraction of sp³-hybridized carbons (Fsp3) is 0.294. The molecule has 0 aromatic heterocycles. The molecule has 1 atom stereocenters. The number of benzene rings is 2. The van der Waals surface area contributed by atoms with Crippen LogP contribution in [0.15, 0.2) is 53.4 Å². The van der Waals surface area contributed by atoms with Crippen molar-refractivity contribution in [2.45, 2.75) is 30.8 Å². The van der Waals surface area contributed by atoms with E-state index in [0.29, 0.717) is 11.3 Å². The molecule has 0 spiro atoms. The van der Waals surface area contributed by atoms with Crippen molar-refractivity contribution in [2.24, 2.45) is 5.92 Å². The number of anilines is 1. The lowest BCUT2D eigenvalue weighted by atomic mass is 10.0. The van der Waals surface area contributed by atoms with Gasteiger partial charge in [-0.3, -0.25) is 4.72 Å². The number of para-hydroxylation sites is 1. The smallest absolute Gasteiger partial charge is 0.261 e. The van der Waals surface area contributed by atoms with Crippen LogP contribution in [0.3, 0.4) is 0 Å². The molecule has 0 heterocycles. The minimum Gasteiger partial charge on any atom is -0.388 e. The number of nitrogens with one attached hydrogen (secondary N) is 1. The molecule has 0 bridgehead atoms.